The molecule has 1 aromatic heterocycles. The largest absolute Gasteiger partial charge is 0.465 e. The van der Waals surface area contributed by atoms with E-state index in [-0.39, 0.29) is 0 Å². The minimum absolute atomic E-state index is 0.404. The number of hydrogen-bond acceptors (Lipinski definition) is 6. The Labute approximate surface area is 168 Å². The zero-order chi connectivity index (χ0) is 19.9. The second kappa shape index (κ2) is 9.19. The number of aryl methyl sites for hydroxylation is 1. The highest BCUT2D eigenvalue weighted by Crippen LogP contribution is 2.27. The van der Waals surface area contributed by atoms with Gasteiger partial charge in [0.05, 0.1) is 23.4 Å². The number of aromatic nitrogens is 2. The number of benzene rings is 2. The van der Waals surface area contributed by atoms with Crippen LogP contribution in [0.5, 0.6) is 0 Å². The van der Waals surface area contributed by atoms with Crippen LogP contribution < -0.4 is 10.6 Å². The van der Waals surface area contributed by atoms with Crippen LogP contribution >= 0.6 is 11.6 Å². The Morgan fingerprint density at radius 2 is 1.89 bits per heavy atom. The van der Waals surface area contributed by atoms with Gasteiger partial charge < -0.3 is 15.4 Å². The number of nitrogens with zero attached hydrogens (tertiary/aromatic N) is 2. The Kier molecular flexibility index (Phi) is 6.45. The molecule has 0 amide bonds. The van der Waals surface area contributed by atoms with E-state index in [1.165, 1.54) is 12.7 Å². The third kappa shape index (κ3) is 5.20. The Hall–Kier alpha value is -3.12. The quantitative estimate of drug-likeness (QED) is 0.567. The van der Waals surface area contributed by atoms with Gasteiger partial charge in [-0.05, 0) is 37.1 Å². The summed E-state index contributed by atoms with van der Waals surface area (Å²) in [5.41, 5.74) is 3.02. The average Bonchev–Trinajstić information content (AvgIpc) is 2.69. The third-order valence-corrected chi connectivity index (χ3v) is 4.37. The van der Waals surface area contributed by atoms with Crippen LogP contribution in [-0.4, -0.2) is 29.6 Å². The number of ether oxygens (including phenoxy) is 1. The Morgan fingerprint density at radius 1 is 1.11 bits per heavy atom. The van der Waals surface area contributed by atoms with Gasteiger partial charge in [0, 0.05) is 18.3 Å². The maximum atomic E-state index is 11.7. The maximum absolute atomic E-state index is 11.7. The molecule has 0 radical (unpaired) electrons. The Balaban J connectivity index is 1.72. The van der Waals surface area contributed by atoms with Gasteiger partial charge in [-0.1, -0.05) is 41.9 Å². The van der Waals surface area contributed by atoms with E-state index in [1.807, 2.05) is 31.2 Å². The smallest absolute Gasteiger partial charge is 0.337 e. The van der Waals surface area contributed by atoms with Crippen LogP contribution in [0.1, 0.15) is 21.6 Å². The number of carbonyl (C=O) groups is 1. The molecular weight excluding hydrogens is 376 g/mol. The van der Waals surface area contributed by atoms with Crippen LogP contribution in [0.2, 0.25) is 5.02 Å². The molecule has 3 aromatic rings. The SMILES string of the molecule is COC(=O)c1ccc(Cl)c(Nc2cc(C)nc(NCCc3ccccc3)n2)c1. The average molecular weight is 397 g/mol. The van der Waals surface area contributed by atoms with Gasteiger partial charge in [-0.15, -0.1) is 0 Å². The monoisotopic (exact) mass is 396 g/mol. The first-order valence-corrected chi connectivity index (χ1v) is 9.21. The van der Waals surface area contributed by atoms with Gasteiger partial charge >= 0.3 is 5.97 Å². The van der Waals surface area contributed by atoms with Crippen molar-refractivity contribution in [2.75, 3.05) is 24.3 Å². The zero-order valence-corrected chi connectivity index (χ0v) is 16.5. The van der Waals surface area contributed by atoms with E-state index < -0.39 is 5.97 Å². The highest BCUT2D eigenvalue weighted by atomic mass is 35.5. The molecule has 0 fully saturated rings. The van der Waals surface area contributed by atoms with Gasteiger partial charge in [-0.2, -0.15) is 4.98 Å². The number of esters is 1. The van der Waals surface area contributed by atoms with E-state index in [0.29, 0.717) is 34.6 Å². The fourth-order valence-corrected chi connectivity index (χ4v) is 2.84. The maximum Gasteiger partial charge on any atom is 0.337 e. The van der Waals surface area contributed by atoms with Crippen molar-refractivity contribution in [3.05, 3.63) is 76.4 Å². The molecule has 28 heavy (non-hydrogen) atoms. The molecular formula is C21H21ClN4O2. The summed E-state index contributed by atoms with van der Waals surface area (Å²) in [6, 6.07) is 16.9. The molecule has 0 bridgehead atoms. The lowest BCUT2D eigenvalue weighted by Crippen LogP contribution is -2.10. The summed E-state index contributed by atoms with van der Waals surface area (Å²) < 4.78 is 4.75. The number of methoxy groups -OCH3 is 1. The highest BCUT2D eigenvalue weighted by Gasteiger charge is 2.10. The van der Waals surface area contributed by atoms with Crippen molar-refractivity contribution in [2.24, 2.45) is 0 Å². The van der Waals surface area contributed by atoms with Crippen LogP contribution in [0.3, 0.4) is 0 Å². The van der Waals surface area contributed by atoms with E-state index in [4.69, 9.17) is 16.3 Å². The summed E-state index contributed by atoms with van der Waals surface area (Å²) in [6.45, 7) is 2.60. The van der Waals surface area contributed by atoms with E-state index in [1.54, 1.807) is 18.2 Å². The molecule has 0 saturated heterocycles. The van der Waals surface area contributed by atoms with Gasteiger partial charge in [0.2, 0.25) is 5.95 Å². The molecule has 0 saturated carbocycles. The molecule has 6 nitrogen and oxygen atoms in total. The molecule has 0 atom stereocenters. The van der Waals surface area contributed by atoms with Crippen molar-refractivity contribution in [1.82, 2.24) is 9.97 Å². The Morgan fingerprint density at radius 3 is 2.64 bits per heavy atom. The predicted octanol–water partition coefficient (Wildman–Crippen LogP) is 4.62. The van der Waals surface area contributed by atoms with Crippen molar-refractivity contribution in [2.45, 2.75) is 13.3 Å². The molecule has 0 aliphatic heterocycles. The molecule has 1 heterocycles. The summed E-state index contributed by atoms with van der Waals surface area (Å²) in [7, 11) is 1.34. The highest BCUT2D eigenvalue weighted by molar-refractivity contribution is 6.33. The second-order valence-corrected chi connectivity index (χ2v) is 6.60. The second-order valence-electron chi connectivity index (χ2n) is 6.19. The van der Waals surface area contributed by atoms with Crippen molar-refractivity contribution in [1.29, 1.82) is 0 Å². The number of anilines is 3. The summed E-state index contributed by atoms with van der Waals surface area (Å²) in [6.07, 6.45) is 0.869. The van der Waals surface area contributed by atoms with Crippen molar-refractivity contribution < 1.29 is 9.53 Å². The first kappa shape index (κ1) is 19.6. The molecule has 144 valence electrons. The summed E-state index contributed by atoms with van der Waals surface area (Å²) >= 11 is 6.25. The molecule has 0 spiro atoms. The molecule has 7 heteroatoms. The zero-order valence-electron chi connectivity index (χ0n) is 15.7. The topological polar surface area (TPSA) is 76.1 Å². The van der Waals surface area contributed by atoms with Crippen molar-refractivity contribution in [3.63, 3.8) is 0 Å². The first-order chi connectivity index (χ1) is 13.5. The summed E-state index contributed by atoms with van der Waals surface area (Å²) in [4.78, 5) is 20.7. The molecule has 0 aliphatic carbocycles. The van der Waals surface area contributed by atoms with Gasteiger partial charge in [-0.25, -0.2) is 9.78 Å². The number of halogens is 1. The standard InChI is InChI=1S/C21H21ClN4O2/c1-14-12-19(25-18-13-16(20(27)28-2)8-9-17(18)22)26-21(24-14)23-11-10-15-6-4-3-5-7-15/h3-9,12-13H,10-11H2,1-2H3,(H2,23,24,25,26). The lowest BCUT2D eigenvalue weighted by molar-refractivity contribution is 0.0601. The van der Waals surface area contributed by atoms with Crippen LogP contribution in [0.25, 0.3) is 0 Å². The van der Waals surface area contributed by atoms with E-state index in [9.17, 15) is 4.79 Å². The fraction of sp³-hybridized carbons (Fsp3) is 0.190. The number of rotatable bonds is 7. The third-order valence-electron chi connectivity index (χ3n) is 4.04. The molecule has 0 unspecified atom stereocenters. The van der Waals surface area contributed by atoms with E-state index >= 15 is 0 Å². The van der Waals surface area contributed by atoms with Crippen LogP contribution in [-0.2, 0) is 11.2 Å². The summed E-state index contributed by atoms with van der Waals surface area (Å²) in [5.74, 6) is 0.680. The van der Waals surface area contributed by atoms with Gasteiger partial charge in [0.25, 0.3) is 0 Å². The molecule has 2 N–H and O–H groups in total. The first-order valence-electron chi connectivity index (χ1n) is 8.83. The number of carbonyl (C=O) groups excluding carboxylic acids is 1. The normalized spacial score (nSPS) is 10.4. The molecule has 2 aromatic carbocycles. The Bertz CT molecular complexity index is 964. The molecule has 3 rings (SSSR count). The lowest BCUT2D eigenvalue weighted by atomic mass is 10.1. The molecule has 0 aliphatic rings. The van der Waals surface area contributed by atoms with E-state index in [0.717, 1.165) is 12.1 Å². The minimum atomic E-state index is -0.429. The summed E-state index contributed by atoms with van der Waals surface area (Å²) in [5, 5.41) is 6.87. The van der Waals surface area contributed by atoms with Crippen molar-refractivity contribution in [3.8, 4) is 0 Å². The number of nitrogens with one attached hydrogen (secondary N) is 2. The van der Waals surface area contributed by atoms with Gasteiger partial charge in [0.1, 0.15) is 5.82 Å². The number of hydrogen-bond donors (Lipinski definition) is 2. The minimum Gasteiger partial charge on any atom is -0.465 e. The van der Waals surface area contributed by atoms with Crippen LogP contribution in [0, 0.1) is 6.92 Å². The van der Waals surface area contributed by atoms with Gasteiger partial charge in [0.15, 0.2) is 0 Å². The van der Waals surface area contributed by atoms with Crippen molar-refractivity contribution >= 4 is 35.0 Å². The van der Waals surface area contributed by atoms with Crippen LogP contribution in [0.4, 0.5) is 17.5 Å². The lowest BCUT2D eigenvalue weighted by Gasteiger charge is -2.12. The van der Waals surface area contributed by atoms with Crippen LogP contribution in [0.15, 0.2) is 54.6 Å². The van der Waals surface area contributed by atoms with Gasteiger partial charge in [-0.3, -0.25) is 0 Å². The fourth-order valence-electron chi connectivity index (χ4n) is 2.68. The van der Waals surface area contributed by atoms with E-state index in [2.05, 4.69) is 32.7 Å². The predicted molar refractivity (Wildman–Crippen MR) is 111 cm³/mol.